The summed E-state index contributed by atoms with van der Waals surface area (Å²) in [5.74, 6) is -0.537. The molecule has 0 aliphatic heterocycles. The van der Waals surface area contributed by atoms with Crippen LogP contribution in [0.3, 0.4) is 0 Å². The summed E-state index contributed by atoms with van der Waals surface area (Å²) in [4.78, 5) is 12.0. The number of alkyl halides is 3. The van der Waals surface area contributed by atoms with Gasteiger partial charge in [-0.2, -0.15) is 13.2 Å². The number of halogens is 3. The molecule has 6 heteroatoms. The van der Waals surface area contributed by atoms with Gasteiger partial charge < -0.3 is 10.4 Å². The second-order valence-corrected chi connectivity index (χ2v) is 4.39. The number of carbonyl (C=O) groups is 1. The zero-order valence-corrected chi connectivity index (χ0v) is 10.8. The zero-order valence-electron chi connectivity index (χ0n) is 10.8. The maximum Gasteiger partial charge on any atom is 0.416 e. The highest BCUT2D eigenvalue weighted by molar-refractivity contribution is 6.04. The third-order valence-corrected chi connectivity index (χ3v) is 2.82. The monoisotopic (exact) mass is 295 g/mol. The molecule has 1 amide bonds. The highest BCUT2D eigenvalue weighted by atomic mass is 19.4. The summed E-state index contributed by atoms with van der Waals surface area (Å²) >= 11 is 0. The van der Waals surface area contributed by atoms with E-state index >= 15 is 0 Å². The van der Waals surface area contributed by atoms with Gasteiger partial charge >= 0.3 is 6.18 Å². The summed E-state index contributed by atoms with van der Waals surface area (Å²) in [6.45, 7) is -0.218. The number of hydrogen-bond acceptors (Lipinski definition) is 2. The maximum atomic E-state index is 12.6. The van der Waals surface area contributed by atoms with Crippen molar-refractivity contribution in [1.29, 1.82) is 0 Å². The molecule has 2 aromatic carbocycles. The van der Waals surface area contributed by atoms with E-state index in [0.717, 1.165) is 12.1 Å². The number of carbonyl (C=O) groups excluding carboxylic acids is 1. The van der Waals surface area contributed by atoms with E-state index < -0.39 is 17.6 Å². The second-order valence-electron chi connectivity index (χ2n) is 4.39. The van der Waals surface area contributed by atoms with Gasteiger partial charge in [0.05, 0.1) is 12.2 Å². The predicted octanol–water partition coefficient (Wildman–Crippen LogP) is 3.45. The number of aliphatic hydroxyl groups is 1. The molecule has 21 heavy (non-hydrogen) atoms. The van der Waals surface area contributed by atoms with E-state index in [9.17, 15) is 18.0 Å². The van der Waals surface area contributed by atoms with Gasteiger partial charge in [-0.1, -0.05) is 18.2 Å². The first-order chi connectivity index (χ1) is 9.90. The highest BCUT2D eigenvalue weighted by Gasteiger charge is 2.30. The Hall–Kier alpha value is -2.34. The fourth-order valence-corrected chi connectivity index (χ4v) is 1.79. The first-order valence-electron chi connectivity index (χ1n) is 6.08. The molecule has 0 atom stereocenters. The average molecular weight is 295 g/mol. The first kappa shape index (κ1) is 15.1. The van der Waals surface area contributed by atoms with Crippen LogP contribution in [0.1, 0.15) is 21.5 Å². The topological polar surface area (TPSA) is 49.3 Å². The van der Waals surface area contributed by atoms with Crippen LogP contribution < -0.4 is 5.32 Å². The van der Waals surface area contributed by atoms with E-state index in [2.05, 4.69) is 5.32 Å². The lowest BCUT2D eigenvalue weighted by Gasteiger charge is -2.10. The third-order valence-electron chi connectivity index (χ3n) is 2.82. The Bertz CT molecular complexity index is 653. The molecule has 0 saturated carbocycles. The molecule has 110 valence electrons. The number of nitrogens with one attached hydrogen (secondary N) is 1. The van der Waals surface area contributed by atoms with Crippen LogP contribution in [0.15, 0.2) is 48.5 Å². The van der Waals surface area contributed by atoms with Crippen LogP contribution in [-0.4, -0.2) is 11.0 Å². The lowest BCUT2D eigenvalue weighted by Crippen LogP contribution is -2.13. The Kier molecular flexibility index (Phi) is 4.28. The maximum absolute atomic E-state index is 12.6. The van der Waals surface area contributed by atoms with Crippen molar-refractivity contribution in [3.05, 3.63) is 65.2 Å². The molecule has 0 unspecified atom stereocenters. The number of hydrogen-bond donors (Lipinski definition) is 2. The number of anilines is 1. The van der Waals surface area contributed by atoms with E-state index in [1.54, 1.807) is 12.1 Å². The summed E-state index contributed by atoms with van der Waals surface area (Å²) in [5.41, 5.74) is 0.0410. The van der Waals surface area contributed by atoms with Crippen LogP contribution >= 0.6 is 0 Å². The fourth-order valence-electron chi connectivity index (χ4n) is 1.79. The molecule has 2 rings (SSSR count). The van der Waals surface area contributed by atoms with Crippen molar-refractivity contribution in [3.8, 4) is 0 Å². The van der Waals surface area contributed by atoms with Crippen LogP contribution in [0, 0.1) is 0 Å². The Morgan fingerprint density at radius 2 is 1.81 bits per heavy atom. The van der Waals surface area contributed by atoms with Crippen molar-refractivity contribution in [2.24, 2.45) is 0 Å². The van der Waals surface area contributed by atoms with Crippen LogP contribution in [0.4, 0.5) is 18.9 Å². The molecule has 2 N–H and O–H groups in total. The van der Waals surface area contributed by atoms with E-state index in [0.29, 0.717) is 5.56 Å². The lowest BCUT2D eigenvalue weighted by atomic mass is 10.1. The van der Waals surface area contributed by atoms with Gasteiger partial charge in [0.2, 0.25) is 0 Å². The molecule has 0 heterocycles. The molecular formula is C15H12F3NO2. The van der Waals surface area contributed by atoms with Crippen molar-refractivity contribution in [1.82, 2.24) is 0 Å². The minimum atomic E-state index is -4.46. The molecule has 0 aromatic heterocycles. The Labute approximate surface area is 119 Å². The Morgan fingerprint density at radius 1 is 1.10 bits per heavy atom. The van der Waals surface area contributed by atoms with Crippen molar-refractivity contribution in [3.63, 3.8) is 0 Å². The van der Waals surface area contributed by atoms with Crippen LogP contribution in [0.25, 0.3) is 0 Å². The summed E-state index contributed by atoms with van der Waals surface area (Å²) in [6, 6.07) is 10.6. The molecule has 0 bridgehead atoms. The highest BCUT2D eigenvalue weighted by Crippen LogP contribution is 2.30. The smallest absolute Gasteiger partial charge is 0.392 e. The minimum absolute atomic E-state index is 0.0595. The number of aliphatic hydroxyl groups excluding tert-OH is 1. The zero-order chi connectivity index (χ0) is 15.5. The standard InChI is InChI=1S/C15H12F3NO2/c16-15(17,18)12-5-2-6-13(8-12)19-14(21)11-4-1-3-10(7-11)9-20/h1-8,20H,9H2,(H,19,21). The summed E-state index contributed by atoms with van der Waals surface area (Å²) in [5, 5.41) is 11.4. The van der Waals surface area contributed by atoms with Crippen molar-refractivity contribution in [2.75, 3.05) is 5.32 Å². The summed E-state index contributed by atoms with van der Waals surface area (Å²) in [6.07, 6.45) is -4.46. The molecule has 0 spiro atoms. The van der Waals surface area contributed by atoms with Crippen LogP contribution in [0.2, 0.25) is 0 Å². The molecule has 0 fully saturated rings. The molecule has 0 aliphatic rings. The Balaban J connectivity index is 2.19. The number of benzene rings is 2. The quantitative estimate of drug-likeness (QED) is 0.911. The molecule has 0 saturated heterocycles. The van der Waals surface area contributed by atoms with Crippen LogP contribution in [0.5, 0.6) is 0 Å². The Morgan fingerprint density at radius 3 is 2.48 bits per heavy atom. The lowest BCUT2D eigenvalue weighted by molar-refractivity contribution is -0.137. The van der Waals surface area contributed by atoms with Crippen molar-refractivity contribution in [2.45, 2.75) is 12.8 Å². The SMILES string of the molecule is O=C(Nc1cccc(C(F)(F)F)c1)c1cccc(CO)c1. The fraction of sp³-hybridized carbons (Fsp3) is 0.133. The number of amides is 1. The van der Waals surface area contributed by atoms with Gasteiger partial charge in [0.15, 0.2) is 0 Å². The molecule has 3 nitrogen and oxygen atoms in total. The van der Waals surface area contributed by atoms with Gasteiger partial charge in [0.25, 0.3) is 5.91 Å². The molecule has 0 radical (unpaired) electrons. The van der Waals surface area contributed by atoms with Gasteiger partial charge in [0, 0.05) is 11.3 Å². The van der Waals surface area contributed by atoms with Gasteiger partial charge in [-0.05, 0) is 35.9 Å². The molecular weight excluding hydrogens is 283 g/mol. The first-order valence-corrected chi connectivity index (χ1v) is 6.08. The molecule has 0 aliphatic carbocycles. The molecule has 2 aromatic rings. The van der Waals surface area contributed by atoms with Gasteiger partial charge in [0.1, 0.15) is 0 Å². The second kappa shape index (κ2) is 5.97. The summed E-state index contributed by atoms with van der Waals surface area (Å²) in [7, 11) is 0. The average Bonchev–Trinajstić information content (AvgIpc) is 2.46. The van der Waals surface area contributed by atoms with E-state index in [-0.39, 0.29) is 17.9 Å². The van der Waals surface area contributed by atoms with E-state index in [4.69, 9.17) is 5.11 Å². The summed E-state index contributed by atoms with van der Waals surface area (Å²) < 4.78 is 37.8. The minimum Gasteiger partial charge on any atom is -0.392 e. The van der Waals surface area contributed by atoms with Gasteiger partial charge in [-0.15, -0.1) is 0 Å². The van der Waals surface area contributed by atoms with E-state index in [1.165, 1.54) is 24.3 Å². The van der Waals surface area contributed by atoms with Crippen molar-refractivity contribution >= 4 is 11.6 Å². The largest absolute Gasteiger partial charge is 0.416 e. The van der Waals surface area contributed by atoms with Gasteiger partial charge in [-0.25, -0.2) is 0 Å². The number of rotatable bonds is 3. The predicted molar refractivity (Wildman–Crippen MR) is 71.8 cm³/mol. The van der Waals surface area contributed by atoms with Crippen molar-refractivity contribution < 1.29 is 23.1 Å². The third kappa shape index (κ3) is 3.82. The normalized spacial score (nSPS) is 11.2. The van der Waals surface area contributed by atoms with E-state index in [1.807, 2.05) is 0 Å². The van der Waals surface area contributed by atoms with Gasteiger partial charge in [-0.3, -0.25) is 4.79 Å². The van der Waals surface area contributed by atoms with Crippen LogP contribution in [-0.2, 0) is 12.8 Å².